The van der Waals surface area contributed by atoms with Gasteiger partial charge in [0.05, 0.1) is 12.0 Å². The number of ether oxygens (including phenoxy) is 2. The maximum atomic E-state index is 12.7. The molecule has 0 spiro atoms. The van der Waals surface area contributed by atoms with Gasteiger partial charge in [0.15, 0.2) is 22.4 Å². The van der Waals surface area contributed by atoms with Crippen LogP contribution in [-0.2, 0) is 9.59 Å². The number of aromatic hydroxyl groups is 1. The largest absolute Gasteiger partial charge is 0.504 e. The lowest BCUT2D eigenvalue weighted by atomic mass is 10.2. The molecule has 3 rings (SSSR count). The van der Waals surface area contributed by atoms with Crippen molar-refractivity contribution < 1.29 is 34.1 Å². The minimum absolute atomic E-state index is 0.119. The lowest BCUT2D eigenvalue weighted by molar-refractivity contribution is -0.139. The zero-order chi connectivity index (χ0) is 22.5. The number of nitrogens with one attached hydrogen (secondary N) is 1. The van der Waals surface area contributed by atoms with E-state index in [1.54, 1.807) is 30.3 Å². The molecule has 9 nitrogen and oxygen atoms in total. The summed E-state index contributed by atoms with van der Waals surface area (Å²) in [6.45, 7) is -0.454. The fourth-order valence-corrected chi connectivity index (χ4v) is 3.69. The van der Waals surface area contributed by atoms with E-state index in [-0.39, 0.29) is 21.4 Å². The van der Waals surface area contributed by atoms with E-state index in [2.05, 4.69) is 5.43 Å². The molecule has 0 saturated carbocycles. The third-order valence-electron chi connectivity index (χ3n) is 3.99. The number of phenols is 1. The molecule has 11 heteroatoms. The predicted molar refractivity (Wildman–Crippen MR) is 117 cm³/mol. The topological polar surface area (TPSA) is 125 Å². The quantitative estimate of drug-likeness (QED) is 0.422. The molecule has 0 aliphatic carbocycles. The van der Waals surface area contributed by atoms with Crippen LogP contribution in [0.3, 0.4) is 0 Å². The van der Waals surface area contributed by atoms with Crippen LogP contribution in [0, 0.1) is 0 Å². The molecule has 0 unspecified atom stereocenters. The molecule has 0 aromatic heterocycles. The first kappa shape index (κ1) is 22.1. The van der Waals surface area contributed by atoms with Gasteiger partial charge in [-0.2, -0.15) is 5.01 Å². The molecule has 1 heterocycles. The highest BCUT2D eigenvalue weighted by atomic mass is 32.2. The fraction of sp³-hybridized carbons (Fsp3) is 0.100. The van der Waals surface area contributed by atoms with Crippen molar-refractivity contribution in [2.75, 3.05) is 13.7 Å². The van der Waals surface area contributed by atoms with E-state index in [0.29, 0.717) is 16.2 Å². The van der Waals surface area contributed by atoms with Crippen LogP contribution in [0.15, 0.2) is 47.4 Å². The van der Waals surface area contributed by atoms with Crippen molar-refractivity contribution in [3.05, 3.63) is 58.5 Å². The molecule has 160 valence electrons. The summed E-state index contributed by atoms with van der Waals surface area (Å²) in [5.41, 5.74) is 3.28. The number of hydrogen-bond donors (Lipinski definition) is 3. The number of amides is 2. The Labute approximate surface area is 186 Å². The van der Waals surface area contributed by atoms with Crippen molar-refractivity contribution in [2.45, 2.75) is 0 Å². The van der Waals surface area contributed by atoms with Crippen LogP contribution in [0.4, 0.5) is 0 Å². The van der Waals surface area contributed by atoms with Gasteiger partial charge < -0.3 is 19.7 Å². The lowest BCUT2D eigenvalue weighted by Crippen LogP contribution is -2.44. The Morgan fingerprint density at radius 1 is 1.23 bits per heavy atom. The molecule has 31 heavy (non-hydrogen) atoms. The van der Waals surface area contributed by atoms with Gasteiger partial charge in [0.25, 0.3) is 11.8 Å². The molecule has 0 bridgehead atoms. The summed E-state index contributed by atoms with van der Waals surface area (Å²) >= 11 is 6.22. The molecule has 0 radical (unpaired) electrons. The Kier molecular flexibility index (Phi) is 6.78. The number of benzene rings is 2. The molecular weight excluding hydrogens is 444 g/mol. The zero-order valence-corrected chi connectivity index (χ0v) is 17.7. The average molecular weight is 460 g/mol. The lowest BCUT2D eigenvalue weighted by Gasteiger charge is -2.16. The number of rotatable bonds is 7. The number of carbonyl (C=O) groups is 3. The molecule has 0 atom stereocenters. The van der Waals surface area contributed by atoms with Crippen LogP contribution < -0.4 is 14.9 Å². The normalized spacial score (nSPS) is 14.6. The van der Waals surface area contributed by atoms with Crippen molar-refractivity contribution in [2.24, 2.45) is 0 Å². The number of phenolic OH excluding ortho intramolecular Hbond substituents is 1. The van der Waals surface area contributed by atoms with Gasteiger partial charge in [-0.05, 0) is 54.2 Å². The fourth-order valence-electron chi connectivity index (χ4n) is 2.51. The van der Waals surface area contributed by atoms with Crippen molar-refractivity contribution in [3.63, 3.8) is 0 Å². The van der Waals surface area contributed by atoms with Crippen molar-refractivity contribution >= 4 is 52.2 Å². The van der Waals surface area contributed by atoms with Crippen molar-refractivity contribution in [1.82, 2.24) is 10.4 Å². The number of thiocarbonyl (C=S) groups is 1. The van der Waals surface area contributed by atoms with Crippen molar-refractivity contribution in [3.8, 4) is 17.2 Å². The van der Waals surface area contributed by atoms with Crippen LogP contribution >= 0.6 is 24.0 Å². The minimum Gasteiger partial charge on any atom is -0.504 e. The number of carboxylic acids is 1. The summed E-state index contributed by atoms with van der Waals surface area (Å²) in [5.74, 6) is -1.80. The average Bonchev–Trinajstić information content (AvgIpc) is 3.00. The molecule has 2 aromatic carbocycles. The highest BCUT2D eigenvalue weighted by Gasteiger charge is 2.33. The van der Waals surface area contributed by atoms with Gasteiger partial charge >= 0.3 is 5.97 Å². The highest BCUT2D eigenvalue weighted by molar-refractivity contribution is 8.26. The SMILES string of the molecule is COc1cc(C(=O)NN2C(=O)C(=Cc3ccc(OCC(=O)O)cc3)SC2=S)ccc1O. The third kappa shape index (κ3) is 5.32. The molecule has 2 aromatic rings. The van der Waals surface area contributed by atoms with Gasteiger partial charge in [0.2, 0.25) is 0 Å². The van der Waals surface area contributed by atoms with Crippen LogP contribution in [0.5, 0.6) is 17.2 Å². The summed E-state index contributed by atoms with van der Waals surface area (Å²) in [6, 6.07) is 10.5. The standard InChI is InChI=1S/C20H16N2O7S2/c1-28-15-9-12(4-7-14(15)23)18(26)21-22-19(27)16(31-20(22)30)8-11-2-5-13(6-3-11)29-10-17(24)25/h2-9,23H,10H2,1H3,(H,21,26)(H,24,25). The van der Waals surface area contributed by atoms with E-state index in [1.165, 1.54) is 25.3 Å². The maximum absolute atomic E-state index is 12.7. The van der Waals surface area contributed by atoms with Gasteiger partial charge in [0.1, 0.15) is 5.75 Å². The van der Waals surface area contributed by atoms with Gasteiger partial charge in [-0.1, -0.05) is 23.9 Å². The van der Waals surface area contributed by atoms with Crippen LogP contribution in [0.25, 0.3) is 6.08 Å². The Balaban J connectivity index is 1.70. The van der Waals surface area contributed by atoms with Gasteiger partial charge in [-0.3, -0.25) is 15.0 Å². The minimum atomic E-state index is -1.08. The molecule has 3 N–H and O–H groups in total. The van der Waals surface area contributed by atoms with Crippen LogP contribution in [0.1, 0.15) is 15.9 Å². The second kappa shape index (κ2) is 9.49. The van der Waals surface area contributed by atoms with Crippen LogP contribution in [0.2, 0.25) is 0 Å². The zero-order valence-electron chi connectivity index (χ0n) is 16.0. The van der Waals surface area contributed by atoms with Crippen LogP contribution in [-0.4, -0.2) is 51.0 Å². The van der Waals surface area contributed by atoms with E-state index >= 15 is 0 Å². The number of carbonyl (C=O) groups excluding carboxylic acids is 2. The van der Waals surface area contributed by atoms with Crippen molar-refractivity contribution in [1.29, 1.82) is 0 Å². The summed E-state index contributed by atoms with van der Waals surface area (Å²) in [7, 11) is 1.36. The number of methoxy groups -OCH3 is 1. The van der Waals surface area contributed by atoms with Gasteiger partial charge in [0, 0.05) is 5.56 Å². The number of thioether (sulfide) groups is 1. The Morgan fingerprint density at radius 3 is 2.58 bits per heavy atom. The Bertz CT molecular complexity index is 1080. The predicted octanol–water partition coefficient (Wildman–Crippen LogP) is 2.41. The highest BCUT2D eigenvalue weighted by Crippen LogP contribution is 2.32. The van der Waals surface area contributed by atoms with Gasteiger partial charge in [-0.15, -0.1) is 0 Å². The number of hydrazine groups is 1. The second-order valence-corrected chi connectivity index (χ2v) is 7.77. The number of carboxylic acid groups (broad SMARTS) is 1. The number of aliphatic carboxylic acids is 1. The van der Waals surface area contributed by atoms with E-state index in [0.717, 1.165) is 16.8 Å². The van der Waals surface area contributed by atoms with E-state index < -0.39 is 24.4 Å². The molecule has 2 amide bonds. The monoisotopic (exact) mass is 460 g/mol. The maximum Gasteiger partial charge on any atom is 0.341 e. The molecule has 1 fully saturated rings. The molecule has 1 aliphatic heterocycles. The van der Waals surface area contributed by atoms with Gasteiger partial charge in [-0.25, -0.2) is 4.79 Å². The Morgan fingerprint density at radius 2 is 1.94 bits per heavy atom. The Hall–Kier alpha value is -3.57. The number of hydrogen-bond acceptors (Lipinski definition) is 8. The first-order valence-electron chi connectivity index (χ1n) is 8.69. The van der Waals surface area contributed by atoms with E-state index in [1.807, 2.05) is 0 Å². The second-order valence-electron chi connectivity index (χ2n) is 6.10. The van der Waals surface area contributed by atoms with E-state index in [4.69, 9.17) is 26.8 Å². The summed E-state index contributed by atoms with van der Waals surface area (Å²) in [6.07, 6.45) is 1.59. The first-order valence-corrected chi connectivity index (χ1v) is 9.91. The third-order valence-corrected chi connectivity index (χ3v) is 5.29. The molecular formula is C20H16N2O7S2. The smallest absolute Gasteiger partial charge is 0.341 e. The summed E-state index contributed by atoms with van der Waals surface area (Å²) in [4.78, 5) is 36.0. The molecule has 1 saturated heterocycles. The number of nitrogens with zero attached hydrogens (tertiary/aromatic N) is 1. The molecule has 1 aliphatic rings. The first-order chi connectivity index (χ1) is 14.8. The summed E-state index contributed by atoms with van der Waals surface area (Å²) < 4.78 is 10.2. The van der Waals surface area contributed by atoms with E-state index in [9.17, 15) is 19.5 Å². The summed E-state index contributed by atoms with van der Waals surface area (Å²) in [5, 5.41) is 19.2.